The first-order valence-electron chi connectivity index (χ1n) is 15.7. The van der Waals surface area contributed by atoms with Crippen molar-refractivity contribution in [1.82, 2.24) is 0 Å². The van der Waals surface area contributed by atoms with Crippen molar-refractivity contribution in [3.05, 3.63) is 58.7 Å². The van der Waals surface area contributed by atoms with Crippen molar-refractivity contribution in [2.24, 2.45) is 5.92 Å². The Labute approximate surface area is 254 Å². The molecule has 1 unspecified atom stereocenters. The van der Waals surface area contributed by atoms with Crippen LogP contribution in [0.2, 0.25) is 0 Å². The molecule has 0 spiro atoms. The fourth-order valence-corrected chi connectivity index (χ4v) is 6.31. The molecule has 0 bridgehead atoms. The van der Waals surface area contributed by atoms with E-state index in [0.29, 0.717) is 12.5 Å². The summed E-state index contributed by atoms with van der Waals surface area (Å²) in [6.07, 6.45) is 9.14. The lowest BCUT2D eigenvalue weighted by molar-refractivity contribution is 0.203. The predicted molar refractivity (Wildman–Crippen MR) is 182 cm³/mol. The van der Waals surface area contributed by atoms with Gasteiger partial charge in [0.2, 0.25) is 0 Å². The van der Waals surface area contributed by atoms with Gasteiger partial charge in [0, 0.05) is 17.4 Å². The molecular formula is C37H61O3P. The van der Waals surface area contributed by atoms with Crippen LogP contribution in [0.25, 0.3) is 0 Å². The van der Waals surface area contributed by atoms with E-state index in [1.807, 2.05) is 0 Å². The second-order valence-corrected chi connectivity index (χ2v) is 17.8. The molecule has 0 N–H and O–H groups in total. The highest BCUT2D eigenvalue weighted by molar-refractivity contribution is 7.60. The van der Waals surface area contributed by atoms with Crippen LogP contribution in [0.15, 0.2) is 36.4 Å². The fraction of sp³-hybridized carbons (Fsp3) is 0.649. The molecule has 0 radical (unpaired) electrons. The average molecular weight is 585 g/mol. The first-order chi connectivity index (χ1) is 18.6. The van der Waals surface area contributed by atoms with E-state index in [0.717, 1.165) is 35.5 Å². The molecule has 3 nitrogen and oxygen atoms in total. The number of unbranched alkanes of at least 4 members (excludes halogenated alkanes) is 1. The highest BCUT2D eigenvalue weighted by Crippen LogP contribution is 2.53. The zero-order chi connectivity index (χ0) is 31.4. The highest BCUT2D eigenvalue weighted by Gasteiger charge is 2.31. The summed E-state index contributed by atoms with van der Waals surface area (Å²) in [5.74, 6) is 2.03. The Hall–Kier alpha value is -1.70. The largest absolute Gasteiger partial charge is 0.424 e. The number of hydrogen-bond acceptors (Lipinski definition) is 3. The predicted octanol–water partition coefficient (Wildman–Crippen LogP) is 11.8. The zero-order valence-electron chi connectivity index (χ0n) is 29.0. The molecule has 2 aromatic carbocycles. The smallest absolute Gasteiger partial charge is 0.355 e. The zero-order valence-corrected chi connectivity index (χ0v) is 29.9. The van der Waals surface area contributed by atoms with E-state index < -0.39 is 7.57 Å². The van der Waals surface area contributed by atoms with Crippen LogP contribution in [0.5, 0.6) is 11.5 Å². The van der Waals surface area contributed by atoms with Crippen molar-refractivity contribution < 1.29 is 13.6 Å². The maximum absolute atomic E-state index is 6.85. The first kappa shape index (κ1) is 35.5. The molecule has 4 heteroatoms. The molecule has 0 fully saturated rings. The van der Waals surface area contributed by atoms with Crippen molar-refractivity contribution in [3.63, 3.8) is 0 Å². The van der Waals surface area contributed by atoms with Crippen LogP contribution in [0.1, 0.15) is 145 Å². The third kappa shape index (κ3) is 10.2. The Morgan fingerprint density at radius 2 is 1.07 bits per heavy atom. The van der Waals surface area contributed by atoms with E-state index in [1.165, 1.54) is 24.0 Å². The minimum atomic E-state index is -3.07. The van der Waals surface area contributed by atoms with Crippen LogP contribution in [0.3, 0.4) is 0 Å². The normalized spacial score (nSPS) is 14.2. The Morgan fingerprint density at radius 1 is 0.659 bits per heavy atom. The third-order valence-corrected chi connectivity index (χ3v) is 9.32. The van der Waals surface area contributed by atoms with Crippen molar-refractivity contribution in [3.8, 4) is 11.5 Å². The Bertz CT molecular complexity index is 1100. The van der Waals surface area contributed by atoms with Gasteiger partial charge in [0.15, 0.2) is 0 Å². The molecule has 232 valence electrons. The Morgan fingerprint density at radius 3 is 1.39 bits per heavy atom. The lowest BCUT2D eigenvalue weighted by Crippen LogP contribution is -2.20. The second-order valence-electron chi connectivity index (χ2n) is 15.9. The van der Waals surface area contributed by atoms with Crippen molar-refractivity contribution >= 4 is 13.9 Å². The van der Waals surface area contributed by atoms with Gasteiger partial charge in [-0.1, -0.05) is 140 Å². The van der Waals surface area contributed by atoms with Crippen LogP contribution in [0.4, 0.5) is 0 Å². The molecule has 0 saturated carbocycles. The number of hydrogen-bond donors (Lipinski definition) is 0. The SMILES string of the molecule is C=P(OCC(CC)CCCC)(Oc1ccc(C(C)(C)C)cc1C(C)(C)C)Oc1ccc(C(C)(C)C)cc1C(C)(C)C. The summed E-state index contributed by atoms with van der Waals surface area (Å²) in [5, 5.41) is 0. The number of benzene rings is 2. The molecule has 0 aliphatic heterocycles. The Kier molecular flexibility index (Phi) is 11.5. The lowest BCUT2D eigenvalue weighted by Gasteiger charge is -2.33. The molecule has 0 heterocycles. The van der Waals surface area contributed by atoms with Crippen LogP contribution >= 0.6 is 7.57 Å². The standard InChI is InChI=1S/C37H61O3P/c1-16-18-19-27(17-2)26-38-41(15,39-32-22-20-28(34(3,4)5)24-30(32)36(9,10)11)40-33-23-21-29(35(6,7)8)25-31(33)37(12,13)14/h20-25,27H,15-19,26H2,1-14H3. The summed E-state index contributed by atoms with van der Waals surface area (Å²) in [4.78, 5) is 0. The summed E-state index contributed by atoms with van der Waals surface area (Å²) in [6, 6.07) is 13.1. The van der Waals surface area contributed by atoms with Crippen molar-refractivity contribution in [1.29, 1.82) is 0 Å². The fourth-order valence-electron chi connectivity index (χ4n) is 4.81. The van der Waals surface area contributed by atoms with Gasteiger partial charge in [-0.25, -0.2) is 0 Å². The van der Waals surface area contributed by atoms with Crippen molar-refractivity contribution in [2.75, 3.05) is 6.61 Å². The molecule has 0 aliphatic carbocycles. The minimum absolute atomic E-state index is 0.0340. The summed E-state index contributed by atoms with van der Waals surface area (Å²) < 4.78 is 20.4. The van der Waals surface area contributed by atoms with Crippen LogP contribution in [-0.4, -0.2) is 12.9 Å². The van der Waals surface area contributed by atoms with E-state index in [1.54, 1.807) is 0 Å². The van der Waals surface area contributed by atoms with E-state index >= 15 is 0 Å². The van der Waals surface area contributed by atoms with E-state index in [-0.39, 0.29) is 21.7 Å². The molecule has 0 saturated heterocycles. The number of rotatable bonds is 11. The van der Waals surface area contributed by atoms with Crippen LogP contribution < -0.4 is 9.05 Å². The van der Waals surface area contributed by atoms with Gasteiger partial charge in [0.1, 0.15) is 11.5 Å². The molecule has 0 aromatic heterocycles. The highest BCUT2D eigenvalue weighted by atomic mass is 31.2. The Balaban J connectivity index is 2.64. The van der Waals surface area contributed by atoms with Gasteiger partial charge < -0.3 is 9.05 Å². The lowest BCUT2D eigenvalue weighted by atomic mass is 9.80. The molecule has 0 aliphatic rings. The van der Waals surface area contributed by atoms with Gasteiger partial charge in [0.05, 0.1) is 6.61 Å². The molecule has 2 rings (SSSR count). The molecule has 41 heavy (non-hydrogen) atoms. The quantitative estimate of drug-likeness (QED) is 0.246. The molecular weight excluding hydrogens is 523 g/mol. The monoisotopic (exact) mass is 584 g/mol. The van der Waals surface area contributed by atoms with Gasteiger partial charge in [-0.2, -0.15) is 0 Å². The second kappa shape index (κ2) is 13.3. The first-order valence-corrected chi connectivity index (χ1v) is 17.4. The molecule has 2 aromatic rings. The van der Waals surface area contributed by atoms with Gasteiger partial charge in [-0.3, -0.25) is 4.52 Å². The summed E-state index contributed by atoms with van der Waals surface area (Å²) in [5.41, 5.74) is 4.66. The molecule has 0 amide bonds. The van der Waals surface area contributed by atoms with Gasteiger partial charge in [-0.15, -0.1) is 0 Å². The summed E-state index contributed by atoms with van der Waals surface area (Å²) in [7, 11) is -3.07. The van der Waals surface area contributed by atoms with Crippen LogP contribution in [-0.2, 0) is 26.2 Å². The van der Waals surface area contributed by atoms with Crippen LogP contribution in [0, 0.1) is 5.92 Å². The summed E-state index contributed by atoms with van der Waals surface area (Å²) >= 11 is 0. The molecule has 1 atom stereocenters. The van der Waals surface area contributed by atoms with Crippen molar-refractivity contribution in [2.45, 2.75) is 144 Å². The van der Waals surface area contributed by atoms with E-state index in [4.69, 9.17) is 13.6 Å². The third-order valence-electron chi connectivity index (χ3n) is 7.83. The topological polar surface area (TPSA) is 27.7 Å². The maximum Gasteiger partial charge on any atom is 0.355 e. The van der Waals surface area contributed by atoms with Gasteiger partial charge >= 0.3 is 7.57 Å². The van der Waals surface area contributed by atoms with E-state index in [2.05, 4.69) is 140 Å². The summed E-state index contributed by atoms with van der Waals surface area (Å²) in [6.45, 7) is 31.9. The van der Waals surface area contributed by atoms with E-state index in [9.17, 15) is 0 Å². The minimum Gasteiger partial charge on any atom is -0.424 e. The maximum atomic E-state index is 6.85. The van der Waals surface area contributed by atoms with Gasteiger partial charge in [0.25, 0.3) is 0 Å². The van der Waals surface area contributed by atoms with Gasteiger partial charge in [-0.05, 0) is 57.3 Å². The average Bonchev–Trinajstić information content (AvgIpc) is 2.82.